The number of rotatable bonds is 12. The fourth-order valence-electron chi connectivity index (χ4n) is 6.15. The number of amides is 2. The first-order valence-corrected chi connectivity index (χ1v) is 17.1. The molecule has 0 aliphatic carbocycles. The van der Waals surface area contributed by atoms with Gasteiger partial charge in [0.15, 0.2) is 0 Å². The highest BCUT2D eigenvalue weighted by Gasteiger charge is 2.39. The number of piperazine rings is 1. The van der Waals surface area contributed by atoms with Crippen LogP contribution in [0.1, 0.15) is 44.2 Å². The molecule has 45 heavy (non-hydrogen) atoms. The fourth-order valence-corrected chi connectivity index (χ4v) is 7.11. The van der Waals surface area contributed by atoms with Gasteiger partial charge in [0.2, 0.25) is 16.9 Å². The normalized spacial score (nSPS) is 17.6. The van der Waals surface area contributed by atoms with Crippen LogP contribution in [-0.2, 0) is 22.4 Å². The van der Waals surface area contributed by atoms with Crippen molar-refractivity contribution in [3.63, 3.8) is 0 Å². The average molecular weight is 668 g/mol. The molecule has 8 nitrogen and oxygen atoms in total. The van der Waals surface area contributed by atoms with Crippen molar-refractivity contribution in [3.8, 4) is 0 Å². The first-order chi connectivity index (χ1) is 21.7. The van der Waals surface area contributed by atoms with Crippen LogP contribution in [0.2, 0.25) is 10.0 Å². The number of nitrogens with one attached hydrogen (secondary N) is 1. The van der Waals surface area contributed by atoms with Crippen LogP contribution < -0.4 is 11.1 Å². The molecule has 3 N–H and O–H groups in total. The van der Waals surface area contributed by atoms with E-state index < -0.39 is 6.04 Å². The molecular weight excluding hydrogens is 627 g/mol. The fraction of sp³-hybridized carbons (Fsp3) is 0.412. The number of nitrogens with zero attached hydrogens (tertiary/aromatic N) is 4. The lowest BCUT2D eigenvalue weighted by Gasteiger charge is -2.48. The minimum Gasteiger partial charge on any atom is -0.360 e. The highest BCUT2D eigenvalue weighted by molar-refractivity contribution is 7.13. The largest absolute Gasteiger partial charge is 0.360 e. The van der Waals surface area contributed by atoms with E-state index >= 15 is 0 Å². The second-order valence-corrected chi connectivity index (χ2v) is 13.9. The predicted octanol–water partition coefficient (Wildman–Crippen LogP) is 6.46. The molecule has 1 aromatic heterocycles. The van der Waals surface area contributed by atoms with Gasteiger partial charge in [0.25, 0.3) is 0 Å². The lowest BCUT2D eigenvalue weighted by molar-refractivity contribution is -0.148. The first kappa shape index (κ1) is 33.1. The molecule has 3 aromatic carbocycles. The first-order valence-electron chi connectivity index (χ1n) is 15.4. The Kier molecular flexibility index (Phi) is 11.3. The topological polar surface area (TPSA) is 104 Å². The summed E-state index contributed by atoms with van der Waals surface area (Å²) in [5.41, 5.74) is 10.0. The Morgan fingerprint density at radius 2 is 1.80 bits per heavy atom. The lowest BCUT2D eigenvalue weighted by Crippen LogP contribution is -2.64. The zero-order valence-corrected chi connectivity index (χ0v) is 28.0. The summed E-state index contributed by atoms with van der Waals surface area (Å²) in [5.74, 6) is 0.299. The maximum Gasteiger partial charge on any atom is 0.240 e. The Hall–Kier alpha value is -3.24. The molecule has 1 aliphatic rings. The van der Waals surface area contributed by atoms with Gasteiger partial charge in [-0.15, -0.1) is 10.2 Å². The van der Waals surface area contributed by atoms with Crippen molar-refractivity contribution in [3.05, 3.63) is 87.3 Å². The summed E-state index contributed by atoms with van der Waals surface area (Å²) in [7, 11) is 0. The van der Waals surface area contributed by atoms with Crippen LogP contribution >= 0.6 is 34.5 Å². The molecular formula is C34H40Cl2N6O2S. The van der Waals surface area contributed by atoms with Gasteiger partial charge in [0.1, 0.15) is 5.51 Å². The Labute approximate surface area is 278 Å². The summed E-state index contributed by atoms with van der Waals surface area (Å²) in [6, 6.07) is 18.6. The number of fused-ring (bicyclic) bond motifs is 1. The van der Waals surface area contributed by atoms with E-state index in [1.807, 2.05) is 34.1 Å². The van der Waals surface area contributed by atoms with Crippen LogP contribution in [0.25, 0.3) is 10.8 Å². The number of halogens is 2. The van der Waals surface area contributed by atoms with E-state index in [4.69, 9.17) is 28.9 Å². The molecule has 0 unspecified atom stereocenters. The second-order valence-electron chi connectivity index (χ2n) is 12.2. The number of benzene rings is 3. The van der Waals surface area contributed by atoms with Gasteiger partial charge in [-0.3, -0.25) is 9.59 Å². The molecule has 11 heteroatoms. The van der Waals surface area contributed by atoms with Gasteiger partial charge in [-0.25, -0.2) is 0 Å². The molecule has 0 saturated carbocycles. The van der Waals surface area contributed by atoms with E-state index in [2.05, 4.69) is 53.6 Å². The monoisotopic (exact) mass is 666 g/mol. The van der Waals surface area contributed by atoms with E-state index in [0.29, 0.717) is 54.9 Å². The number of carbonyl (C=O) groups excluding carboxylic acids is 2. The smallest absolute Gasteiger partial charge is 0.240 e. The molecule has 0 radical (unpaired) electrons. The van der Waals surface area contributed by atoms with Crippen molar-refractivity contribution in [2.75, 3.05) is 25.0 Å². The van der Waals surface area contributed by atoms with Crippen LogP contribution in [0.15, 0.2) is 66.2 Å². The Morgan fingerprint density at radius 3 is 2.53 bits per heavy atom. The molecule has 238 valence electrons. The van der Waals surface area contributed by atoms with Crippen LogP contribution in [0.4, 0.5) is 5.13 Å². The molecule has 2 heterocycles. The Morgan fingerprint density at radius 1 is 1.02 bits per heavy atom. The van der Waals surface area contributed by atoms with Crippen molar-refractivity contribution in [2.45, 2.75) is 64.1 Å². The van der Waals surface area contributed by atoms with E-state index in [1.54, 1.807) is 17.6 Å². The van der Waals surface area contributed by atoms with Gasteiger partial charge >= 0.3 is 0 Å². The van der Waals surface area contributed by atoms with Gasteiger partial charge in [-0.2, -0.15) is 0 Å². The molecule has 1 fully saturated rings. The van der Waals surface area contributed by atoms with Crippen molar-refractivity contribution in [2.24, 2.45) is 11.7 Å². The van der Waals surface area contributed by atoms with Crippen molar-refractivity contribution in [1.82, 2.24) is 20.0 Å². The number of anilines is 1. The van der Waals surface area contributed by atoms with E-state index in [9.17, 15) is 9.59 Å². The number of nitrogens with two attached hydrogens (primary N) is 1. The van der Waals surface area contributed by atoms with Crippen LogP contribution in [0, 0.1) is 5.92 Å². The van der Waals surface area contributed by atoms with Crippen molar-refractivity contribution >= 4 is 62.3 Å². The zero-order chi connectivity index (χ0) is 31.9. The maximum atomic E-state index is 14.0. The van der Waals surface area contributed by atoms with Gasteiger partial charge in [-0.05, 0) is 65.6 Å². The quantitative estimate of drug-likeness (QED) is 0.168. The van der Waals surface area contributed by atoms with Crippen LogP contribution in [0.5, 0.6) is 0 Å². The Balaban J connectivity index is 1.35. The molecule has 0 bridgehead atoms. The molecule has 2 amide bonds. The highest BCUT2D eigenvalue weighted by Crippen LogP contribution is 2.27. The minimum absolute atomic E-state index is 0.0808. The average Bonchev–Trinajstić information content (AvgIpc) is 3.54. The number of aromatic nitrogens is 2. The van der Waals surface area contributed by atoms with Crippen molar-refractivity contribution < 1.29 is 9.59 Å². The van der Waals surface area contributed by atoms with Crippen LogP contribution in [0.3, 0.4) is 0 Å². The minimum atomic E-state index is -0.773. The number of hydrogen-bond acceptors (Lipinski definition) is 7. The van der Waals surface area contributed by atoms with Crippen molar-refractivity contribution in [1.29, 1.82) is 0 Å². The maximum absolute atomic E-state index is 14.0. The summed E-state index contributed by atoms with van der Waals surface area (Å²) in [6.07, 6.45) is 2.90. The van der Waals surface area contributed by atoms with E-state index in [0.717, 1.165) is 39.9 Å². The van der Waals surface area contributed by atoms with Crippen LogP contribution in [-0.4, -0.2) is 69.6 Å². The van der Waals surface area contributed by atoms with Gasteiger partial charge < -0.3 is 20.9 Å². The second kappa shape index (κ2) is 15.4. The van der Waals surface area contributed by atoms with Gasteiger partial charge in [0, 0.05) is 41.8 Å². The third-order valence-electron chi connectivity index (χ3n) is 8.34. The standard InChI is InChI=1S/C34H40Cl2N6O2S/c1-22(2)14-29-20-42(33(44)31(37)17-26-11-12-27(35)18-30(26)36)28(8-5-13-38-34-40-39-21-45-34)19-41(29)32(43)16-23-9-10-24-6-3-4-7-25(24)15-23/h3-4,6-7,9-12,15,18,21-22,28-29,31H,5,8,13-14,16-17,19-20,37H2,1-2H3,(H,38,40)/t28-,29+,31+/m0/s1. The highest BCUT2D eigenvalue weighted by atomic mass is 35.5. The molecule has 1 aliphatic heterocycles. The molecule has 3 atom stereocenters. The number of hydrogen-bond donors (Lipinski definition) is 2. The molecule has 4 aromatic rings. The lowest BCUT2D eigenvalue weighted by atomic mass is 9.93. The summed E-state index contributed by atoms with van der Waals surface area (Å²) in [6.45, 7) is 5.88. The summed E-state index contributed by atoms with van der Waals surface area (Å²) in [5, 5.41) is 15.3. The third kappa shape index (κ3) is 8.73. The Bertz CT molecular complexity index is 1600. The SMILES string of the molecule is CC(C)C[C@@H]1CN(C(=O)[C@H](N)Cc2ccc(Cl)cc2Cl)[C@@H](CCCNc2nncs2)CN1C(=O)Cc1ccc2ccccc2c1. The summed E-state index contributed by atoms with van der Waals surface area (Å²) in [4.78, 5) is 32.0. The van der Waals surface area contributed by atoms with E-state index in [-0.39, 0.29) is 23.9 Å². The molecule has 0 spiro atoms. The van der Waals surface area contributed by atoms with Gasteiger partial charge in [0.05, 0.1) is 12.5 Å². The zero-order valence-electron chi connectivity index (χ0n) is 25.7. The molecule has 1 saturated heterocycles. The summed E-state index contributed by atoms with van der Waals surface area (Å²) >= 11 is 14.0. The molecule has 5 rings (SSSR count). The summed E-state index contributed by atoms with van der Waals surface area (Å²) < 4.78 is 0. The predicted molar refractivity (Wildman–Crippen MR) is 184 cm³/mol. The van der Waals surface area contributed by atoms with E-state index in [1.165, 1.54) is 11.3 Å². The third-order valence-corrected chi connectivity index (χ3v) is 9.57. The number of carbonyl (C=O) groups is 2. The van der Waals surface area contributed by atoms with Gasteiger partial charge in [-0.1, -0.05) is 96.9 Å².